The molecule has 0 amide bonds. The number of methoxy groups -OCH3 is 1. The van der Waals surface area contributed by atoms with Gasteiger partial charge >= 0.3 is 5.97 Å². The van der Waals surface area contributed by atoms with E-state index in [9.17, 15) is 4.79 Å². The minimum atomic E-state index is -0.382. The fourth-order valence-electron chi connectivity index (χ4n) is 1.74. The number of ether oxygens (including phenoxy) is 1. The molecule has 16 heavy (non-hydrogen) atoms. The third-order valence-corrected chi connectivity index (χ3v) is 2.77. The average Bonchev–Trinajstić information content (AvgIpc) is 2.64. The molecule has 0 saturated carbocycles. The number of nitrogens with zero attached hydrogens (tertiary/aromatic N) is 2. The standard InChI is InChI=1S/C11H13N3O2/c1-6-7(11(15)16-3)4-9-8(10(6)12)5-13-14(9)2/h4-5H,12H2,1-3H3. The largest absolute Gasteiger partial charge is 0.465 e. The van der Waals surface area contributed by atoms with Gasteiger partial charge in [-0.2, -0.15) is 5.10 Å². The van der Waals surface area contributed by atoms with Crippen LogP contribution in [0.15, 0.2) is 12.3 Å². The number of hydrogen-bond acceptors (Lipinski definition) is 4. The van der Waals surface area contributed by atoms with Crippen molar-refractivity contribution in [2.75, 3.05) is 12.8 Å². The highest BCUT2D eigenvalue weighted by Gasteiger charge is 2.16. The van der Waals surface area contributed by atoms with Crippen molar-refractivity contribution in [2.24, 2.45) is 7.05 Å². The zero-order valence-electron chi connectivity index (χ0n) is 9.44. The molecule has 0 bridgehead atoms. The maximum atomic E-state index is 11.6. The Morgan fingerprint density at radius 1 is 1.56 bits per heavy atom. The van der Waals surface area contributed by atoms with Gasteiger partial charge in [-0.3, -0.25) is 4.68 Å². The molecule has 0 saturated heterocycles. The van der Waals surface area contributed by atoms with E-state index in [1.807, 2.05) is 0 Å². The van der Waals surface area contributed by atoms with Gasteiger partial charge in [-0.15, -0.1) is 0 Å². The van der Waals surface area contributed by atoms with E-state index in [-0.39, 0.29) is 5.97 Å². The number of nitrogen functional groups attached to an aromatic ring is 1. The number of esters is 1. The smallest absolute Gasteiger partial charge is 0.338 e. The third-order valence-electron chi connectivity index (χ3n) is 2.77. The summed E-state index contributed by atoms with van der Waals surface area (Å²) in [5.74, 6) is -0.382. The summed E-state index contributed by atoms with van der Waals surface area (Å²) in [6, 6.07) is 1.75. The average molecular weight is 219 g/mol. The van der Waals surface area contributed by atoms with Crippen LogP contribution in [0, 0.1) is 6.92 Å². The molecule has 84 valence electrons. The Balaban J connectivity index is 2.81. The Labute approximate surface area is 92.8 Å². The van der Waals surface area contributed by atoms with Crippen LogP contribution in [-0.4, -0.2) is 22.9 Å². The Morgan fingerprint density at radius 2 is 2.25 bits per heavy atom. The van der Waals surface area contributed by atoms with Gasteiger partial charge in [-0.1, -0.05) is 0 Å². The minimum Gasteiger partial charge on any atom is -0.465 e. The van der Waals surface area contributed by atoms with Crippen molar-refractivity contribution in [3.8, 4) is 0 Å². The molecule has 1 heterocycles. The number of aromatic nitrogens is 2. The Hall–Kier alpha value is -2.04. The first-order chi connectivity index (χ1) is 7.56. The summed E-state index contributed by atoms with van der Waals surface area (Å²) in [6.07, 6.45) is 1.69. The number of carbonyl (C=O) groups excluding carboxylic acids is 1. The van der Waals surface area contributed by atoms with Crippen LogP contribution in [0.4, 0.5) is 5.69 Å². The molecule has 0 atom stereocenters. The number of nitrogens with two attached hydrogens (primary N) is 1. The number of benzene rings is 1. The van der Waals surface area contributed by atoms with Crippen LogP contribution < -0.4 is 5.73 Å². The highest BCUT2D eigenvalue weighted by atomic mass is 16.5. The molecule has 2 N–H and O–H groups in total. The van der Waals surface area contributed by atoms with Crippen molar-refractivity contribution in [1.82, 2.24) is 9.78 Å². The second-order valence-electron chi connectivity index (χ2n) is 3.66. The van der Waals surface area contributed by atoms with Gasteiger partial charge in [0.05, 0.1) is 24.4 Å². The molecule has 2 aromatic rings. The monoisotopic (exact) mass is 219 g/mol. The van der Waals surface area contributed by atoms with Crippen LogP contribution in [0.25, 0.3) is 10.9 Å². The Bertz CT molecular complexity index is 572. The predicted octanol–water partition coefficient (Wildman–Crippen LogP) is 1.25. The van der Waals surface area contributed by atoms with E-state index in [1.165, 1.54) is 7.11 Å². The maximum absolute atomic E-state index is 11.6. The zero-order valence-corrected chi connectivity index (χ0v) is 9.44. The van der Waals surface area contributed by atoms with E-state index >= 15 is 0 Å². The molecule has 0 unspecified atom stereocenters. The summed E-state index contributed by atoms with van der Waals surface area (Å²) in [5, 5.41) is 4.96. The number of rotatable bonds is 1. The number of aryl methyl sites for hydroxylation is 1. The van der Waals surface area contributed by atoms with Gasteiger partial charge in [0.25, 0.3) is 0 Å². The molecule has 5 heteroatoms. The fourth-order valence-corrected chi connectivity index (χ4v) is 1.74. The van der Waals surface area contributed by atoms with E-state index in [1.54, 1.807) is 30.9 Å². The lowest BCUT2D eigenvalue weighted by Crippen LogP contribution is -2.06. The summed E-state index contributed by atoms with van der Waals surface area (Å²) in [7, 11) is 3.16. The Kier molecular flexibility index (Phi) is 2.30. The van der Waals surface area contributed by atoms with Gasteiger partial charge in [0.1, 0.15) is 0 Å². The Morgan fingerprint density at radius 3 is 2.88 bits per heavy atom. The van der Waals surface area contributed by atoms with Crippen LogP contribution in [0.2, 0.25) is 0 Å². The SMILES string of the molecule is COC(=O)c1cc2c(cnn2C)c(N)c1C. The molecular formula is C11H13N3O2. The van der Waals surface area contributed by atoms with Crippen molar-refractivity contribution < 1.29 is 9.53 Å². The highest BCUT2D eigenvalue weighted by molar-refractivity contribution is 6.02. The summed E-state index contributed by atoms with van der Waals surface area (Å²) in [6.45, 7) is 1.80. The minimum absolute atomic E-state index is 0.382. The van der Waals surface area contributed by atoms with Crippen LogP contribution in [0.3, 0.4) is 0 Å². The van der Waals surface area contributed by atoms with Crippen LogP contribution >= 0.6 is 0 Å². The van der Waals surface area contributed by atoms with E-state index < -0.39 is 0 Å². The third kappa shape index (κ3) is 1.32. The van der Waals surface area contributed by atoms with E-state index in [2.05, 4.69) is 5.10 Å². The molecule has 5 nitrogen and oxygen atoms in total. The van der Waals surface area contributed by atoms with Crippen molar-refractivity contribution in [2.45, 2.75) is 6.92 Å². The summed E-state index contributed by atoms with van der Waals surface area (Å²) in [5.41, 5.74) is 8.57. The lowest BCUT2D eigenvalue weighted by Gasteiger charge is -2.08. The van der Waals surface area contributed by atoms with Crippen LogP contribution in [-0.2, 0) is 11.8 Å². The molecular weight excluding hydrogens is 206 g/mol. The van der Waals surface area contributed by atoms with E-state index in [0.717, 1.165) is 16.5 Å². The lowest BCUT2D eigenvalue weighted by molar-refractivity contribution is 0.0600. The number of fused-ring (bicyclic) bond motifs is 1. The second-order valence-corrected chi connectivity index (χ2v) is 3.66. The molecule has 0 spiro atoms. The van der Waals surface area contributed by atoms with Gasteiger partial charge in [-0.05, 0) is 18.6 Å². The van der Waals surface area contributed by atoms with Crippen molar-refractivity contribution in [1.29, 1.82) is 0 Å². The van der Waals surface area contributed by atoms with Crippen molar-refractivity contribution >= 4 is 22.6 Å². The van der Waals surface area contributed by atoms with Crippen LogP contribution in [0.1, 0.15) is 15.9 Å². The molecule has 0 aliphatic carbocycles. The van der Waals surface area contributed by atoms with Crippen LogP contribution in [0.5, 0.6) is 0 Å². The number of anilines is 1. The molecule has 0 radical (unpaired) electrons. The molecule has 1 aromatic heterocycles. The first-order valence-corrected chi connectivity index (χ1v) is 4.85. The fraction of sp³-hybridized carbons (Fsp3) is 0.273. The molecule has 1 aromatic carbocycles. The molecule has 2 rings (SSSR count). The summed E-state index contributed by atoms with van der Waals surface area (Å²) < 4.78 is 6.39. The maximum Gasteiger partial charge on any atom is 0.338 e. The van der Waals surface area contributed by atoms with Crippen molar-refractivity contribution in [3.05, 3.63) is 23.4 Å². The van der Waals surface area contributed by atoms with Gasteiger partial charge in [0.15, 0.2) is 0 Å². The number of hydrogen-bond donors (Lipinski definition) is 1. The van der Waals surface area contributed by atoms with E-state index in [4.69, 9.17) is 10.5 Å². The second kappa shape index (κ2) is 3.52. The van der Waals surface area contributed by atoms with E-state index in [0.29, 0.717) is 11.3 Å². The normalized spacial score (nSPS) is 10.7. The van der Waals surface area contributed by atoms with Gasteiger partial charge in [-0.25, -0.2) is 4.79 Å². The van der Waals surface area contributed by atoms with Gasteiger partial charge < -0.3 is 10.5 Å². The lowest BCUT2D eigenvalue weighted by atomic mass is 10.0. The number of carbonyl (C=O) groups is 1. The molecule has 0 aliphatic heterocycles. The van der Waals surface area contributed by atoms with Gasteiger partial charge in [0, 0.05) is 18.1 Å². The quantitative estimate of drug-likeness (QED) is 0.579. The first kappa shape index (κ1) is 10.5. The summed E-state index contributed by atoms with van der Waals surface area (Å²) in [4.78, 5) is 11.6. The molecule has 0 fully saturated rings. The predicted molar refractivity (Wildman–Crippen MR) is 61.2 cm³/mol. The zero-order chi connectivity index (χ0) is 11.9. The van der Waals surface area contributed by atoms with Crippen molar-refractivity contribution in [3.63, 3.8) is 0 Å². The highest BCUT2D eigenvalue weighted by Crippen LogP contribution is 2.27. The topological polar surface area (TPSA) is 70.1 Å². The first-order valence-electron chi connectivity index (χ1n) is 4.85. The molecule has 0 aliphatic rings. The summed E-state index contributed by atoms with van der Waals surface area (Å²) >= 11 is 0. The van der Waals surface area contributed by atoms with Gasteiger partial charge in [0.2, 0.25) is 0 Å².